The molecule has 0 spiro atoms. The Hall–Kier alpha value is -6.06. The largest absolute Gasteiger partial charge is 0.507 e. The molecule has 14 nitrogen and oxygen atoms in total. The minimum atomic E-state index is -0.838. The number of aromatic amines is 1. The average molecular weight is 819 g/mol. The molecule has 7 rings (SSSR count). The number of para-hydroxylation sites is 1. The van der Waals surface area contributed by atoms with Gasteiger partial charge in [0.05, 0.1) is 33.9 Å². The number of carbonyl (C=O) groups is 2. The fourth-order valence-corrected chi connectivity index (χ4v) is 8.40. The lowest BCUT2D eigenvalue weighted by Crippen LogP contribution is -2.48. The van der Waals surface area contributed by atoms with Crippen LogP contribution in [0.1, 0.15) is 73.8 Å². The van der Waals surface area contributed by atoms with Crippen LogP contribution in [0.2, 0.25) is 0 Å². The van der Waals surface area contributed by atoms with Crippen LogP contribution in [0.5, 0.6) is 11.6 Å². The van der Waals surface area contributed by atoms with E-state index in [1.165, 1.54) is 4.90 Å². The van der Waals surface area contributed by atoms with E-state index in [1.807, 2.05) is 82.6 Å². The maximum Gasteiger partial charge on any atom is 0.254 e. The van der Waals surface area contributed by atoms with Crippen molar-refractivity contribution in [2.75, 3.05) is 19.7 Å². The van der Waals surface area contributed by atoms with Gasteiger partial charge in [0.2, 0.25) is 11.8 Å². The molecule has 4 atom stereocenters. The fourth-order valence-electron chi connectivity index (χ4n) is 7.59. The molecule has 0 bridgehead atoms. The third-order valence-corrected chi connectivity index (χ3v) is 11.9. The standard InChI is InChI=1S/C44H50N8O6S/c1-24(2)40(44(56)52-22-31(53)19-36(52)43(55)47-27(5)29-12-14-30(15-13-29)41-28(6)46-23-59-41)38-21-39(51-58-38)57-18-17-45-25(3)11-16-34-26(4)33-20-35(49-50-42(33)48-34)32-9-7-8-10-37(32)54/h7-10,12-15,20-21,23-24,27,31,36,40,45,53-54H,3,11,16-19,22H2,1-2,4-6H3,(H,47,55)(H,48,50)/t27-,31+,36-,40+/m0/s1. The van der Waals surface area contributed by atoms with Crippen LogP contribution in [0.15, 0.2) is 83.0 Å². The summed E-state index contributed by atoms with van der Waals surface area (Å²) in [5.41, 5.74) is 9.63. The minimum absolute atomic E-state index is 0.0407. The molecular formula is C44H50N8O6S. The molecule has 4 aromatic heterocycles. The molecule has 6 aromatic rings. The number of allylic oxidation sites excluding steroid dienone is 1. The number of amides is 2. The van der Waals surface area contributed by atoms with Gasteiger partial charge in [0.1, 0.15) is 24.3 Å². The van der Waals surface area contributed by atoms with E-state index in [0.717, 1.165) is 44.0 Å². The molecule has 1 saturated heterocycles. The zero-order valence-electron chi connectivity index (χ0n) is 33.9. The number of likely N-dealkylation sites (tertiary alicyclic amines) is 1. The number of phenolic OH excluding ortho intramolecular Hbond substituents is 1. The first-order chi connectivity index (χ1) is 28.4. The number of rotatable bonds is 16. The molecule has 0 radical (unpaired) electrons. The number of hydrogen-bond donors (Lipinski definition) is 5. The summed E-state index contributed by atoms with van der Waals surface area (Å²) in [6, 6.07) is 17.5. The number of aromatic nitrogens is 5. The van der Waals surface area contributed by atoms with Crippen molar-refractivity contribution >= 4 is 34.2 Å². The summed E-state index contributed by atoms with van der Waals surface area (Å²) in [6.45, 7) is 14.7. The highest BCUT2D eigenvalue weighted by atomic mass is 32.1. The summed E-state index contributed by atoms with van der Waals surface area (Å²) in [4.78, 5) is 38.0. The van der Waals surface area contributed by atoms with Gasteiger partial charge in [-0.25, -0.2) is 4.98 Å². The molecular weight excluding hydrogens is 769 g/mol. The van der Waals surface area contributed by atoms with Crippen LogP contribution in [-0.4, -0.2) is 84.1 Å². The number of aliphatic hydroxyl groups excluding tert-OH is 1. The molecule has 308 valence electrons. The number of hydrogen-bond acceptors (Lipinski definition) is 12. The van der Waals surface area contributed by atoms with Gasteiger partial charge in [0.25, 0.3) is 5.88 Å². The van der Waals surface area contributed by atoms with Crippen molar-refractivity contribution in [3.63, 3.8) is 0 Å². The van der Waals surface area contributed by atoms with Crippen LogP contribution in [0.3, 0.4) is 0 Å². The second kappa shape index (κ2) is 17.8. The molecule has 1 fully saturated rings. The van der Waals surface area contributed by atoms with E-state index in [4.69, 9.17) is 9.26 Å². The molecule has 15 heteroatoms. The average Bonchev–Trinajstić information content (AvgIpc) is 4.02. The Labute approximate surface area is 346 Å². The van der Waals surface area contributed by atoms with Crippen LogP contribution >= 0.6 is 11.3 Å². The van der Waals surface area contributed by atoms with E-state index in [2.05, 4.69) is 42.5 Å². The third-order valence-electron chi connectivity index (χ3n) is 10.9. The van der Waals surface area contributed by atoms with Crippen molar-refractivity contribution in [3.8, 4) is 33.3 Å². The number of nitrogens with zero attached hydrogens (tertiary/aromatic N) is 5. The van der Waals surface area contributed by atoms with Crippen molar-refractivity contribution in [1.82, 2.24) is 40.9 Å². The van der Waals surface area contributed by atoms with Gasteiger partial charge in [-0.2, -0.15) is 0 Å². The SMILES string of the molecule is C=C(CCc1[nH]c2nnc(-c3ccccc3O)cc2c1C)NCCOc1cc([C@H](C(=O)N2C[C@H](O)C[C@H]2C(=O)N[C@@H](C)c2ccc(-c3scnc3C)cc2)C(C)C)on1. The Bertz CT molecular complexity index is 2440. The van der Waals surface area contributed by atoms with Gasteiger partial charge in [0.15, 0.2) is 11.4 Å². The van der Waals surface area contributed by atoms with Crippen LogP contribution in [0, 0.1) is 19.8 Å². The molecule has 0 unspecified atom stereocenters. The number of carbonyl (C=O) groups excluding carboxylic acids is 2. The summed E-state index contributed by atoms with van der Waals surface area (Å²) >= 11 is 1.59. The Kier molecular flexibility index (Phi) is 12.4. The van der Waals surface area contributed by atoms with Crippen molar-refractivity contribution in [2.24, 2.45) is 5.92 Å². The summed E-state index contributed by atoms with van der Waals surface area (Å²) in [7, 11) is 0. The predicted molar refractivity (Wildman–Crippen MR) is 226 cm³/mol. The summed E-state index contributed by atoms with van der Waals surface area (Å²) < 4.78 is 11.5. The fraction of sp³-hybridized carbons (Fsp3) is 0.364. The summed E-state index contributed by atoms with van der Waals surface area (Å²) in [5, 5.41) is 40.9. The zero-order chi connectivity index (χ0) is 41.8. The van der Waals surface area contributed by atoms with E-state index < -0.39 is 18.1 Å². The van der Waals surface area contributed by atoms with Gasteiger partial charge in [-0.3, -0.25) is 9.59 Å². The van der Waals surface area contributed by atoms with Gasteiger partial charge < -0.3 is 40.0 Å². The van der Waals surface area contributed by atoms with Crippen LogP contribution in [0.25, 0.3) is 32.7 Å². The van der Waals surface area contributed by atoms with Crippen molar-refractivity contribution in [1.29, 1.82) is 0 Å². The number of β-amino-alcohol motifs (C(OH)–C–C–N with tert-alkyl or cyclic N) is 1. The van der Waals surface area contributed by atoms with Crippen molar-refractivity contribution in [2.45, 2.75) is 78.0 Å². The number of aryl methyl sites for hydroxylation is 3. The first-order valence-corrected chi connectivity index (χ1v) is 20.7. The quantitative estimate of drug-likeness (QED) is 0.0649. The highest BCUT2D eigenvalue weighted by molar-refractivity contribution is 7.13. The highest BCUT2D eigenvalue weighted by Gasteiger charge is 2.43. The molecule has 1 aliphatic heterocycles. The molecule has 5 heterocycles. The zero-order valence-corrected chi connectivity index (χ0v) is 34.7. The second-order valence-corrected chi connectivity index (χ2v) is 16.3. The van der Waals surface area contributed by atoms with E-state index >= 15 is 0 Å². The number of ether oxygens (including phenoxy) is 1. The molecule has 5 N–H and O–H groups in total. The number of nitrogens with one attached hydrogen (secondary N) is 3. The minimum Gasteiger partial charge on any atom is -0.507 e. The Morgan fingerprint density at radius 2 is 1.88 bits per heavy atom. The number of H-pyrrole nitrogens is 1. The lowest BCUT2D eigenvalue weighted by atomic mass is 9.91. The van der Waals surface area contributed by atoms with Gasteiger partial charge in [-0.05, 0) is 79.6 Å². The first-order valence-electron chi connectivity index (χ1n) is 19.8. The Balaban J connectivity index is 0.898. The van der Waals surface area contributed by atoms with Crippen LogP contribution in [-0.2, 0) is 16.0 Å². The van der Waals surface area contributed by atoms with E-state index in [-0.39, 0.29) is 55.0 Å². The Morgan fingerprint density at radius 3 is 2.61 bits per heavy atom. The molecule has 2 amide bonds. The van der Waals surface area contributed by atoms with Gasteiger partial charge in [-0.15, -0.1) is 21.5 Å². The van der Waals surface area contributed by atoms with Gasteiger partial charge >= 0.3 is 0 Å². The number of benzene rings is 2. The van der Waals surface area contributed by atoms with E-state index in [9.17, 15) is 19.8 Å². The molecule has 0 aliphatic carbocycles. The van der Waals surface area contributed by atoms with Crippen LogP contribution in [0.4, 0.5) is 0 Å². The molecule has 2 aromatic carbocycles. The normalized spacial score (nSPS) is 16.4. The lowest BCUT2D eigenvalue weighted by Gasteiger charge is -2.29. The molecule has 1 aliphatic rings. The molecule has 0 saturated carbocycles. The van der Waals surface area contributed by atoms with Crippen molar-refractivity contribution < 1.29 is 29.1 Å². The highest BCUT2D eigenvalue weighted by Crippen LogP contribution is 2.34. The maximum absolute atomic E-state index is 14.1. The number of aliphatic hydroxyl groups is 1. The smallest absolute Gasteiger partial charge is 0.254 e. The monoisotopic (exact) mass is 818 g/mol. The number of thiazole rings is 1. The predicted octanol–water partition coefficient (Wildman–Crippen LogP) is 6.75. The van der Waals surface area contributed by atoms with Crippen molar-refractivity contribution in [3.05, 3.63) is 107 Å². The lowest BCUT2D eigenvalue weighted by molar-refractivity contribution is -0.141. The number of phenols is 1. The third kappa shape index (κ3) is 9.16. The molecule has 59 heavy (non-hydrogen) atoms. The Morgan fingerprint density at radius 1 is 1.10 bits per heavy atom. The summed E-state index contributed by atoms with van der Waals surface area (Å²) in [5.74, 6) is -0.854. The van der Waals surface area contributed by atoms with Crippen LogP contribution < -0.4 is 15.4 Å². The van der Waals surface area contributed by atoms with E-state index in [1.54, 1.807) is 29.5 Å². The van der Waals surface area contributed by atoms with Gasteiger partial charge in [-0.1, -0.05) is 56.8 Å². The topological polar surface area (TPSA) is 192 Å². The summed E-state index contributed by atoms with van der Waals surface area (Å²) in [6.07, 6.45) is 0.680. The second-order valence-electron chi connectivity index (χ2n) is 15.4. The number of fused-ring (bicyclic) bond motifs is 1. The maximum atomic E-state index is 14.1. The van der Waals surface area contributed by atoms with Gasteiger partial charge in [0, 0.05) is 47.9 Å². The first kappa shape index (κ1) is 41.1. The van der Waals surface area contributed by atoms with E-state index in [0.29, 0.717) is 42.1 Å². The number of aromatic hydroxyl groups is 1.